The smallest absolute Gasteiger partial charge is 0.258 e. The molecule has 1 saturated carbocycles. The molecule has 0 atom stereocenters. The molecule has 4 aliphatic rings. The average Bonchev–Trinajstić information content (AvgIpc) is 3.62. The van der Waals surface area contributed by atoms with E-state index in [4.69, 9.17) is 4.98 Å². The Morgan fingerprint density at radius 3 is 2.47 bits per heavy atom. The Balaban J connectivity index is 1.21. The summed E-state index contributed by atoms with van der Waals surface area (Å²) >= 11 is 0. The van der Waals surface area contributed by atoms with Gasteiger partial charge in [0.05, 0.1) is 17.8 Å². The number of fused-ring (bicyclic) bond motifs is 2. The minimum atomic E-state index is -0.0367. The van der Waals surface area contributed by atoms with Crippen molar-refractivity contribution in [3.63, 3.8) is 0 Å². The molecule has 4 heterocycles. The lowest BCUT2D eigenvalue weighted by Gasteiger charge is -2.38. The normalized spacial score (nSPS) is 21.4. The fourth-order valence-corrected chi connectivity index (χ4v) is 5.65. The summed E-state index contributed by atoms with van der Waals surface area (Å²) in [6.07, 6.45) is 5.37. The van der Waals surface area contributed by atoms with Gasteiger partial charge < -0.3 is 9.80 Å². The molecule has 32 heavy (non-hydrogen) atoms. The zero-order valence-electron chi connectivity index (χ0n) is 18.3. The Morgan fingerprint density at radius 2 is 1.75 bits per heavy atom. The average molecular weight is 433 g/mol. The number of rotatable bonds is 2. The number of likely N-dealkylation sites (tertiary alicyclic amines) is 1. The third kappa shape index (κ3) is 3.26. The van der Waals surface area contributed by atoms with E-state index < -0.39 is 0 Å². The quantitative estimate of drug-likeness (QED) is 0.728. The van der Waals surface area contributed by atoms with Gasteiger partial charge >= 0.3 is 0 Å². The molecule has 1 aromatic heterocycles. The summed E-state index contributed by atoms with van der Waals surface area (Å²) in [5.74, 6) is 1.44. The van der Waals surface area contributed by atoms with Gasteiger partial charge in [-0.25, -0.2) is 4.98 Å². The Labute approximate surface area is 187 Å². The molecule has 0 radical (unpaired) electrons. The summed E-state index contributed by atoms with van der Waals surface area (Å²) < 4.78 is 1.85. The van der Waals surface area contributed by atoms with Gasteiger partial charge in [-0.3, -0.25) is 19.0 Å². The third-order valence-electron chi connectivity index (χ3n) is 7.79. The van der Waals surface area contributed by atoms with Crippen LogP contribution in [0.4, 0.5) is 0 Å². The summed E-state index contributed by atoms with van der Waals surface area (Å²) in [7, 11) is 0. The zero-order chi connectivity index (χ0) is 21.9. The molecular weight excluding hydrogens is 404 g/mol. The van der Waals surface area contributed by atoms with Crippen molar-refractivity contribution in [2.45, 2.75) is 51.6 Å². The number of benzene rings is 1. The molecule has 6 rings (SSSR count). The topological polar surface area (TPSA) is 75.5 Å². The molecule has 1 aromatic carbocycles. The van der Waals surface area contributed by atoms with E-state index in [2.05, 4.69) is 0 Å². The second-order valence-electron chi connectivity index (χ2n) is 9.96. The van der Waals surface area contributed by atoms with Crippen molar-refractivity contribution < 1.29 is 9.59 Å². The number of hydrogen-bond donors (Lipinski definition) is 0. The molecule has 0 bridgehead atoms. The fraction of sp³-hybridized carbons (Fsp3) is 0.520. The molecule has 0 unspecified atom stereocenters. The highest BCUT2D eigenvalue weighted by Gasteiger charge is 2.44. The van der Waals surface area contributed by atoms with Gasteiger partial charge in [-0.15, -0.1) is 0 Å². The van der Waals surface area contributed by atoms with Gasteiger partial charge in [0.25, 0.3) is 11.5 Å². The van der Waals surface area contributed by atoms with E-state index in [9.17, 15) is 14.4 Å². The van der Waals surface area contributed by atoms with Crippen LogP contribution in [-0.2, 0) is 30.7 Å². The first-order valence-corrected chi connectivity index (χ1v) is 11.8. The Morgan fingerprint density at radius 1 is 1.00 bits per heavy atom. The maximum Gasteiger partial charge on any atom is 0.258 e. The van der Waals surface area contributed by atoms with Crippen LogP contribution in [0.5, 0.6) is 0 Å². The zero-order valence-corrected chi connectivity index (χ0v) is 18.3. The highest BCUT2D eigenvalue weighted by Crippen LogP contribution is 2.42. The van der Waals surface area contributed by atoms with Crippen LogP contribution in [0.25, 0.3) is 0 Å². The number of nitrogens with zero attached hydrogens (tertiary/aromatic N) is 4. The van der Waals surface area contributed by atoms with Crippen LogP contribution in [0.3, 0.4) is 0 Å². The first-order chi connectivity index (χ1) is 15.5. The molecule has 0 N–H and O–H groups in total. The van der Waals surface area contributed by atoms with Crippen molar-refractivity contribution in [2.24, 2.45) is 11.3 Å². The summed E-state index contributed by atoms with van der Waals surface area (Å²) in [4.78, 5) is 47.5. The minimum absolute atomic E-state index is 0.0175. The van der Waals surface area contributed by atoms with Gasteiger partial charge in [-0.05, 0) is 43.2 Å². The van der Waals surface area contributed by atoms with Crippen molar-refractivity contribution in [1.29, 1.82) is 0 Å². The molecule has 1 aliphatic carbocycles. The monoisotopic (exact) mass is 432 g/mol. The highest BCUT2D eigenvalue weighted by molar-refractivity contribution is 5.94. The van der Waals surface area contributed by atoms with Gasteiger partial charge in [0.15, 0.2) is 0 Å². The second-order valence-corrected chi connectivity index (χ2v) is 9.96. The lowest BCUT2D eigenvalue weighted by atomic mass is 9.77. The number of amides is 2. The van der Waals surface area contributed by atoms with Gasteiger partial charge in [-0.1, -0.05) is 18.2 Å². The Bertz CT molecular complexity index is 1140. The third-order valence-corrected chi connectivity index (χ3v) is 7.79. The van der Waals surface area contributed by atoms with E-state index in [-0.39, 0.29) is 22.8 Å². The number of piperidine rings is 1. The number of carbonyl (C=O) groups excluding carboxylic acids is 2. The predicted molar refractivity (Wildman–Crippen MR) is 118 cm³/mol. The molecule has 3 aliphatic heterocycles. The van der Waals surface area contributed by atoms with Crippen LogP contribution in [0, 0.1) is 11.3 Å². The standard InChI is InChI=1S/C25H28N4O3/c30-22(18-6-7-18)27-12-9-25(10-13-27)14-21-26-20-8-11-28(15-19(20)24(32)29(21)16-25)23(31)17-4-2-1-3-5-17/h1-5,18H,6-16H2. The van der Waals surface area contributed by atoms with E-state index >= 15 is 0 Å². The van der Waals surface area contributed by atoms with E-state index in [1.54, 1.807) is 4.90 Å². The largest absolute Gasteiger partial charge is 0.342 e. The SMILES string of the molecule is O=C(c1ccccc1)N1CCc2nc3n(c(=O)c2C1)CC1(CCN(C(=O)C2CC2)CC1)C3. The lowest BCUT2D eigenvalue weighted by Crippen LogP contribution is -2.45. The highest BCUT2D eigenvalue weighted by atomic mass is 16.2. The van der Waals surface area contributed by atoms with E-state index in [0.717, 1.165) is 56.7 Å². The van der Waals surface area contributed by atoms with Crippen molar-refractivity contribution in [3.8, 4) is 0 Å². The van der Waals surface area contributed by atoms with Crippen LogP contribution < -0.4 is 5.56 Å². The van der Waals surface area contributed by atoms with Crippen LogP contribution in [-0.4, -0.2) is 50.8 Å². The molecule has 166 valence electrons. The molecule has 2 amide bonds. The maximum absolute atomic E-state index is 13.4. The molecular formula is C25H28N4O3. The molecule has 2 aromatic rings. The van der Waals surface area contributed by atoms with E-state index in [1.165, 1.54) is 0 Å². The molecule has 7 heteroatoms. The number of carbonyl (C=O) groups is 2. The van der Waals surface area contributed by atoms with Crippen molar-refractivity contribution >= 4 is 11.8 Å². The summed E-state index contributed by atoms with van der Waals surface area (Å²) in [5.41, 5.74) is 2.23. The summed E-state index contributed by atoms with van der Waals surface area (Å²) in [5, 5.41) is 0. The van der Waals surface area contributed by atoms with E-state index in [1.807, 2.05) is 39.8 Å². The summed E-state index contributed by atoms with van der Waals surface area (Å²) in [6.45, 7) is 3.17. The fourth-order valence-electron chi connectivity index (χ4n) is 5.65. The van der Waals surface area contributed by atoms with Crippen LogP contribution in [0.1, 0.15) is 53.1 Å². The van der Waals surface area contributed by atoms with Gasteiger partial charge in [0.2, 0.25) is 5.91 Å². The molecule has 1 saturated heterocycles. The number of aromatic nitrogens is 2. The lowest BCUT2D eigenvalue weighted by molar-refractivity contribution is -0.134. The minimum Gasteiger partial charge on any atom is -0.342 e. The van der Waals surface area contributed by atoms with Crippen molar-refractivity contribution in [1.82, 2.24) is 19.4 Å². The molecule has 1 spiro atoms. The molecule has 7 nitrogen and oxygen atoms in total. The van der Waals surface area contributed by atoms with Crippen molar-refractivity contribution in [2.75, 3.05) is 19.6 Å². The van der Waals surface area contributed by atoms with E-state index in [0.29, 0.717) is 43.1 Å². The van der Waals surface area contributed by atoms with Crippen molar-refractivity contribution in [3.05, 3.63) is 63.3 Å². The van der Waals surface area contributed by atoms with Crippen LogP contribution >= 0.6 is 0 Å². The van der Waals surface area contributed by atoms with Gasteiger partial charge in [0.1, 0.15) is 5.82 Å². The van der Waals surface area contributed by atoms with Gasteiger partial charge in [-0.2, -0.15) is 0 Å². The first-order valence-electron chi connectivity index (χ1n) is 11.8. The predicted octanol–water partition coefficient (Wildman–Crippen LogP) is 2.02. The Kier molecular flexibility index (Phi) is 4.49. The molecule has 2 fully saturated rings. The first kappa shape index (κ1) is 19.7. The Hall–Kier alpha value is -2.96. The van der Waals surface area contributed by atoms with Crippen LogP contribution in [0.15, 0.2) is 35.1 Å². The maximum atomic E-state index is 13.4. The number of hydrogen-bond acceptors (Lipinski definition) is 4. The second kappa shape index (κ2) is 7.29. The summed E-state index contributed by atoms with van der Waals surface area (Å²) in [6, 6.07) is 9.24. The van der Waals surface area contributed by atoms with Gasteiger partial charge in [0, 0.05) is 50.5 Å². The van der Waals surface area contributed by atoms with Crippen LogP contribution in [0.2, 0.25) is 0 Å².